The highest BCUT2D eigenvalue weighted by Gasteiger charge is 2.65. The second-order valence-electron chi connectivity index (χ2n) is 12.3. The summed E-state index contributed by atoms with van der Waals surface area (Å²) >= 11 is 0. The zero-order valence-electron chi connectivity index (χ0n) is 21.7. The summed E-state index contributed by atoms with van der Waals surface area (Å²) in [5, 5.41) is 34.1. The number of carboxylic acids is 1. The Hall–Kier alpha value is -1.53. The predicted molar refractivity (Wildman–Crippen MR) is 133 cm³/mol. The van der Waals surface area contributed by atoms with Crippen molar-refractivity contribution in [1.29, 1.82) is 0 Å². The van der Waals surface area contributed by atoms with Crippen LogP contribution >= 0.6 is 0 Å². The Morgan fingerprint density at radius 2 is 1.81 bits per heavy atom. The maximum Gasteiger partial charge on any atom is 0.397 e. The van der Waals surface area contributed by atoms with E-state index in [0.29, 0.717) is 32.1 Å². The summed E-state index contributed by atoms with van der Waals surface area (Å²) in [5.74, 6) is -1.23. The van der Waals surface area contributed by atoms with Crippen molar-refractivity contribution < 1.29 is 42.1 Å². The number of nitrogens with one attached hydrogen (secondary N) is 1. The minimum absolute atomic E-state index is 0.0196. The number of fused-ring (bicyclic) bond motifs is 5. The molecule has 4 aliphatic rings. The number of aliphatic hydroxyl groups is 2. The standard InChI is InChI=1S/C26H41NO9S/c1-14(4-7-22(30)27-13-23(31)32)17-5-6-18-24-19(12-21(29)26(17,18)3)25(2)9-8-16(36-37(33,34)35)10-15(25)11-20(24)28/h4,7,14-21,24,28-29H,5-6,8-13H2,1-3H3,(H,27,30)(H,31,32)(H,33,34,35)/b7-4+/t14-,15-,16-,17-,18+,19+,20-,21+,24-,25+,26-/m1/s1. The molecule has 0 aromatic heterocycles. The van der Waals surface area contributed by atoms with E-state index in [1.54, 1.807) is 6.08 Å². The molecule has 11 heteroatoms. The summed E-state index contributed by atoms with van der Waals surface area (Å²) in [7, 11) is -4.54. The first-order chi connectivity index (χ1) is 17.2. The summed E-state index contributed by atoms with van der Waals surface area (Å²) in [6.07, 6.45) is 5.87. The van der Waals surface area contributed by atoms with Gasteiger partial charge in [-0.15, -0.1) is 0 Å². The van der Waals surface area contributed by atoms with Crippen LogP contribution in [0.4, 0.5) is 0 Å². The predicted octanol–water partition coefficient (Wildman–Crippen LogP) is 2.17. The van der Waals surface area contributed by atoms with Crippen molar-refractivity contribution in [1.82, 2.24) is 5.32 Å². The second kappa shape index (κ2) is 10.2. The summed E-state index contributed by atoms with van der Waals surface area (Å²) in [5.41, 5.74) is -0.602. The highest BCUT2D eigenvalue weighted by Crippen LogP contribution is 2.68. The van der Waals surface area contributed by atoms with Crippen LogP contribution in [0, 0.1) is 46.3 Å². The van der Waals surface area contributed by atoms with E-state index >= 15 is 0 Å². The van der Waals surface area contributed by atoms with Gasteiger partial charge in [-0.2, -0.15) is 8.42 Å². The lowest BCUT2D eigenvalue weighted by atomic mass is 9.43. The molecule has 37 heavy (non-hydrogen) atoms. The van der Waals surface area contributed by atoms with Gasteiger partial charge in [0, 0.05) is 5.41 Å². The van der Waals surface area contributed by atoms with Crippen molar-refractivity contribution in [3.05, 3.63) is 12.2 Å². The average molecular weight is 544 g/mol. The fourth-order valence-corrected chi connectivity index (χ4v) is 9.42. The molecule has 0 aromatic rings. The summed E-state index contributed by atoms with van der Waals surface area (Å²) < 4.78 is 36.6. The number of aliphatic hydroxyl groups excluding tert-OH is 2. The SMILES string of the molecule is C[C@H](/C=C/C(=O)NCC(=O)O)[C@H]1CC[C@H]2[C@H]3[C@H](O)C[C@H]4C[C@H](OS(=O)(=O)O)CC[C@]4(C)[C@H]3C[C@H](O)[C@]12C. The third-order valence-electron chi connectivity index (χ3n) is 10.7. The first-order valence-electron chi connectivity index (χ1n) is 13.4. The van der Waals surface area contributed by atoms with Gasteiger partial charge in [-0.1, -0.05) is 26.8 Å². The van der Waals surface area contributed by atoms with Gasteiger partial charge >= 0.3 is 16.4 Å². The van der Waals surface area contributed by atoms with Crippen LogP contribution in [0.3, 0.4) is 0 Å². The third kappa shape index (κ3) is 5.34. The summed E-state index contributed by atoms with van der Waals surface area (Å²) in [6.45, 7) is 5.89. The van der Waals surface area contributed by atoms with Gasteiger partial charge in [0.05, 0.1) is 18.3 Å². The minimum Gasteiger partial charge on any atom is -0.480 e. The Morgan fingerprint density at radius 3 is 2.46 bits per heavy atom. The molecule has 0 aromatic carbocycles. The Morgan fingerprint density at radius 1 is 1.11 bits per heavy atom. The van der Waals surface area contributed by atoms with Gasteiger partial charge in [-0.25, -0.2) is 4.18 Å². The van der Waals surface area contributed by atoms with Crippen LogP contribution in [-0.4, -0.2) is 65.0 Å². The normalized spacial score (nSPS) is 44.5. The zero-order valence-corrected chi connectivity index (χ0v) is 22.6. The zero-order chi connectivity index (χ0) is 27.3. The Kier molecular flexibility index (Phi) is 7.87. The molecule has 4 aliphatic carbocycles. The average Bonchev–Trinajstić information content (AvgIpc) is 3.15. The molecular weight excluding hydrogens is 502 g/mol. The fraction of sp³-hybridized carbons (Fsp3) is 0.846. The number of carbonyl (C=O) groups is 2. The van der Waals surface area contributed by atoms with E-state index in [2.05, 4.69) is 19.2 Å². The number of hydrogen-bond donors (Lipinski definition) is 5. The van der Waals surface area contributed by atoms with Crippen molar-refractivity contribution >= 4 is 22.3 Å². The number of aliphatic carboxylic acids is 1. The molecule has 11 atom stereocenters. The Bertz CT molecular complexity index is 1030. The van der Waals surface area contributed by atoms with Gasteiger partial charge in [0.2, 0.25) is 5.91 Å². The molecule has 4 fully saturated rings. The van der Waals surface area contributed by atoms with Gasteiger partial charge in [0.15, 0.2) is 0 Å². The highest BCUT2D eigenvalue weighted by molar-refractivity contribution is 7.80. The lowest BCUT2D eigenvalue weighted by Gasteiger charge is -2.63. The fourth-order valence-electron chi connectivity index (χ4n) is 8.90. The molecule has 0 heterocycles. The van der Waals surface area contributed by atoms with E-state index in [1.165, 1.54) is 6.08 Å². The Labute approximate surface area is 218 Å². The maximum atomic E-state index is 12.0. The molecular formula is C26H41NO9S. The van der Waals surface area contributed by atoms with Crippen LogP contribution in [0.2, 0.25) is 0 Å². The van der Waals surface area contributed by atoms with Crippen LogP contribution in [0.25, 0.3) is 0 Å². The van der Waals surface area contributed by atoms with Crippen molar-refractivity contribution in [2.45, 2.75) is 84.0 Å². The maximum absolute atomic E-state index is 12.0. The van der Waals surface area contributed by atoms with Crippen LogP contribution in [0.1, 0.15) is 65.7 Å². The first kappa shape index (κ1) is 28.5. The van der Waals surface area contributed by atoms with Crippen molar-refractivity contribution in [3.63, 3.8) is 0 Å². The number of allylic oxidation sites excluding steroid dienone is 1. The van der Waals surface area contributed by atoms with Crippen LogP contribution in [0.15, 0.2) is 12.2 Å². The lowest BCUT2D eigenvalue weighted by Crippen LogP contribution is -2.62. The van der Waals surface area contributed by atoms with E-state index in [1.807, 2.05) is 6.92 Å². The van der Waals surface area contributed by atoms with Crippen molar-refractivity contribution in [3.8, 4) is 0 Å². The molecule has 10 nitrogen and oxygen atoms in total. The molecule has 0 unspecified atom stereocenters. The molecule has 0 radical (unpaired) electrons. The third-order valence-corrected chi connectivity index (χ3v) is 11.2. The largest absolute Gasteiger partial charge is 0.480 e. The number of carbonyl (C=O) groups excluding carboxylic acids is 1. The van der Waals surface area contributed by atoms with Gasteiger partial charge in [0.1, 0.15) is 6.54 Å². The second-order valence-corrected chi connectivity index (χ2v) is 13.4. The topological polar surface area (TPSA) is 170 Å². The van der Waals surface area contributed by atoms with E-state index < -0.39 is 52.5 Å². The van der Waals surface area contributed by atoms with Gasteiger partial charge in [-0.05, 0) is 91.9 Å². The number of hydrogen-bond acceptors (Lipinski definition) is 7. The lowest BCUT2D eigenvalue weighted by molar-refractivity contribution is -0.205. The van der Waals surface area contributed by atoms with E-state index in [-0.39, 0.29) is 40.9 Å². The van der Waals surface area contributed by atoms with E-state index in [0.717, 1.165) is 12.8 Å². The quantitative estimate of drug-likeness (QED) is 0.238. The van der Waals surface area contributed by atoms with E-state index in [4.69, 9.17) is 13.8 Å². The van der Waals surface area contributed by atoms with Crippen LogP contribution in [0.5, 0.6) is 0 Å². The number of carboxylic acid groups (broad SMARTS) is 1. The Balaban J connectivity index is 1.51. The monoisotopic (exact) mass is 543 g/mol. The molecule has 4 rings (SSSR count). The van der Waals surface area contributed by atoms with Crippen LogP contribution in [-0.2, 0) is 24.2 Å². The highest BCUT2D eigenvalue weighted by atomic mass is 32.3. The molecule has 0 bridgehead atoms. The molecule has 0 aliphatic heterocycles. The molecule has 0 saturated heterocycles. The summed E-state index contributed by atoms with van der Waals surface area (Å²) in [4.78, 5) is 22.7. The molecule has 5 N–H and O–H groups in total. The number of amides is 1. The van der Waals surface area contributed by atoms with Gasteiger partial charge < -0.3 is 20.6 Å². The molecule has 210 valence electrons. The minimum atomic E-state index is -4.54. The first-order valence-corrected chi connectivity index (χ1v) is 14.7. The van der Waals surface area contributed by atoms with Crippen LogP contribution < -0.4 is 5.32 Å². The molecule has 4 saturated carbocycles. The smallest absolute Gasteiger partial charge is 0.397 e. The van der Waals surface area contributed by atoms with Gasteiger partial charge in [0.25, 0.3) is 0 Å². The molecule has 1 amide bonds. The van der Waals surface area contributed by atoms with Crippen molar-refractivity contribution in [2.75, 3.05) is 6.54 Å². The van der Waals surface area contributed by atoms with E-state index in [9.17, 15) is 28.2 Å². The summed E-state index contributed by atoms with van der Waals surface area (Å²) in [6, 6.07) is 0. The molecule has 0 spiro atoms. The van der Waals surface area contributed by atoms with Gasteiger partial charge in [-0.3, -0.25) is 14.1 Å². The number of rotatable bonds is 7. The van der Waals surface area contributed by atoms with Crippen molar-refractivity contribution in [2.24, 2.45) is 46.3 Å².